The first-order valence-electron chi connectivity index (χ1n) is 7.47. The molecule has 1 aliphatic carbocycles. The second-order valence-corrected chi connectivity index (χ2v) is 6.74. The summed E-state index contributed by atoms with van der Waals surface area (Å²) in [4.78, 5) is 1.40. The maximum absolute atomic E-state index is 5.66. The smallest absolute Gasteiger partial charge is 0.0584 e. The van der Waals surface area contributed by atoms with Crippen molar-refractivity contribution in [1.29, 1.82) is 0 Å². The third-order valence-electron chi connectivity index (χ3n) is 3.80. The number of hydrogen-bond acceptors (Lipinski definition) is 3. The first-order valence-corrected chi connectivity index (χ1v) is 8.45. The van der Waals surface area contributed by atoms with Crippen LogP contribution >= 0.6 is 11.8 Å². The second-order valence-electron chi connectivity index (χ2n) is 5.57. The van der Waals surface area contributed by atoms with Crippen molar-refractivity contribution in [3.63, 3.8) is 0 Å². The van der Waals surface area contributed by atoms with Gasteiger partial charge in [0, 0.05) is 29.8 Å². The van der Waals surface area contributed by atoms with E-state index in [1.54, 1.807) is 0 Å². The van der Waals surface area contributed by atoms with Gasteiger partial charge in [0.1, 0.15) is 0 Å². The van der Waals surface area contributed by atoms with E-state index in [-0.39, 0.29) is 0 Å². The van der Waals surface area contributed by atoms with Crippen molar-refractivity contribution < 1.29 is 4.74 Å². The summed E-state index contributed by atoms with van der Waals surface area (Å²) in [6.07, 6.45) is 6.93. The minimum atomic E-state index is 0.521. The molecule has 1 saturated carbocycles. The maximum atomic E-state index is 5.66. The minimum Gasteiger partial charge on any atom is -0.378 e. The molecule has 2 fully saturated rings. The molecule has 0 amide bonds. The van der Waals surface area contributed by atoms with Crippen LogP contribution in [0.15, 0.2) is 29.2 Å². The highest BCUT2D eigenvalue weighted by atomic mass is 32.2. The second kappa shape index (κ2) is 6.78. The Hall–Kier alpha value is -0.510. The molecule has 1 aromatic carbocycles. The van der Waals surface area contributed by atoms with Crippen molar-refractivity contribution in [2.24, 2.45) is 0 Å². The molecule has 0 spiro atoms. The third-order valence-corrected chi connectivity index (χ3v) is 4.83. The summed E-state index contributed by atoms with van der Waals surface area (Å²) < 4.78 is 5.66. The van der Waals surface area contributed by atoms with Gasteiger partial charge >= 0.3 is 0 Å². The van der Waals surface area contributed by atoms with Gasteiger partial charge in [-0.15, -0.1) is 11.8 Å². The standard InChI is InChI=1S/C16H23NOS/c1-3-13(12-17-14-6-7-14)11-16(5-1)19-10-8-15-4-2-9-18-15/h1,3,5,11,14-15,17H,2,4,6-10,12H2. The largest absolute Gasteiger partial charge is 0.378 e. The SMILES string of the molecule is c1cc(CNC2CC2)cc(SCCC2CCCO2)c1. The molecule has 0 radical (unpaired) electrons. The molecule has 1 N–H and O–H groups in total. The molecule has 0 bridgehead atoms. The summed E-state index contributed by atoms with van der Waals surface area (Å²) in [5.74, 6) is 1.17. The first-order chi connectivity index (χ1) is 9.40. The Bertz CT molecular complexity index is 399. The van der Waals surface area contributed by atoms with Gasteiger partial charge in [0.2, 0.25) is 0 Å². The molecule has 2 aliphatic rings. The molecule has 2 nitrogen and oxygen atoms in total. The van der Waals surface area contributed by atoms with Gasteiger partial charge in [0.25, 0.3) is 0 Å². The average Bonchev–Trinajstić information content (AvgIpc) is 3.13. The molecule has 1 atom stereocenters. The van der Waals surface area contributed by atoms with E-state index in [0.29, 0.717) is 6.10 Å². The lowest BCUT2D eigenvalue weighted by Gasteiger charge is -2.09. The minimum absolute atomic E-state index is 0.521. The van der Waals surface area contributed by atoms with E-state index >= 15 is 0 Å². The molecular weight excluding hydrogens is 254 g/mol. The van der Waals surface area contributed by atoms with Crippen molar-refractivity contribution in [3.05, 3.63) is 29.8 Å². The summed E-state index contributed by atoms with van der Waals surface area (Å²) in [6, 6.07) is 9.74. The van der Waals surface area contributed by atoms with Crippen LogP contribution in [-0.2, 0) is 11.3 Å². The van der Waals surface area contributed by atoms with E-state index in [9.17, 15) is 0 Å². The number of ether oxygens (including phenoxy) is 1. The fourth-order valence-electron chi connectivity index (χ4n) is 2.48. The number of nitrogens with one attached hydrogen (secondary N) is 1. The molecule has 1 aliphatic heterocycles. The van der Waals surface area contributed by atoms with Crippen LogP contribution in [0.4, 0.5) is 0 Å². The third kappa shape index (κ3) is 4.51. The molecule has 1 unspecified atom stereocenters. The van der Waals surface area contributed by atoms with Gasteiger partial charge in [0.15, 0.2) is 0 Å². The van der Waals surface area contributed by atoms with Crippen molar-refractivity contribution in [2.45, 2.75) is 55.7 Å². The molecule has 3 heteroatoms. The predicted molar refractivity (Wildman–Crippen MR) is 80.6 cm³/mol. The van der Waals surface area contributed by atoms with E-state index in [1.165, 1.54) is 48.3 Å². The Balaban J connectivity index is 1.42. The van der Waals surface area contributed by atoms with Crippen molar-refractivity contribution in [2.75, 3.05) is 12.4 Å². The Morgan fingerprint density at radius 1 is 1.26 bits per heavy atom. The summed E-state index contributed by atoms with van der Waals surface area (Å²) in [5.41, 5.74) is 1.41. The van der Waals surface area contributed by atoms with E-state index in [1.807, 2.05) is 11.8 Å². The zero-order valence-corrected chi connectivity index (χ0v) is 12.3. The van der Waals surface area contributed by atoms with Gasteiger partial charge in [-0.1, -0.05) is 12.1 Å². The summed E-state index contributed by atoms with van der Waals surface area (Å²) >= 11 is 1.96. The van der Waals surface area contributed by atoms with Crippen molar-refractivity contribution in [3.8, 4) is 0 Å². The fourth-order valence-corrected chi connectivity index (χ4v) is 3.50. The van der Waals surface area contributed by atoms with E-state index in [2.05, 4.69) is 29.6 Å². The summed E-state index contributed by atoms with van der Waals surface area (Å²) in [7, 11) is 0. The molecule has 19 heavy (non-hydrogen) atoms. The van der Waals surface area contributed by atoms with Crippen LogP contribution in [0.3, 0.4) is 0 Å². The monoisotopic (exact) mass is 277 g/mol. The van der Waals surface area contributed by atoms with Crippen LogP contribution in [0.5, 0.6) is 0 Å². The maximum Gasteiger partial charge on any atom is 0.0584 e. The number of thioether (sulfide) groups is 1. The van der Waals surface area contributed by atoms with Gasteiger partial charge in [-0.3, -0.25) is 0 Å². The number of benzene rings is 1. The van der Waals surface area contributed by atoms with Crippen molar-refractivity contribution in [1.82, 2.24) is 5.32 Å². The highest BCUT2D eigenvalue weighted by Crippen LogP contribution is 2.24. The van der Waals surface area contributed by atoms with Crippen molar-refractivity contribution >= 4 is 11.8 Å². The van der Waals surface area contributed by atoms with Crippen LogP contribution < -0.4 is 5.32 Å². The number of rotatable bonds is 7. The van der Waals surface area contributed by atoms with Gasteiger partial charge in [0.05, 0.1) is 6.10 Å². The Kier molecular flexibility index (Phi) is 4.81. The van der Waals surface area contributed by atoms with Gasteiger partial charge in [-0.2, -0.15) is 0 Å². The highest BCUT2D eigenvalue weighted by molar-refractivity contribution is 7.99. The molecule has 0 aromatic heterocycles. The zero-order valence-electron chi connectivity index (χ0n) is 11.4. The lowest BCUT2D eigenvalue weighted by atomic mass is 10.2. The first kappa shape index (κ1) is 13.5. The Morgan fingerprint density at radius 3 is 3.00 bits per heavy atom. The molecule has 104 valence electrons. The van der Waals surface area contributed by atoms with Gasteiger partial charge < -0.3 is 10.1 Å². The Labute approximate surface area is 120 Å². The van der Waals surface area contributed by atoms with Crippen LogP contribution in [-0.4, -0.2) is 24.5 Å². The van der Waals surface area contributed by atoms with Crippen LogP contribution in [0, 0.1) is 0 Å². The number of hydrogen-bond donors (Lipinski definition) is 1. The average molecular weight is 277 g/mol. The molecular formula is C16H23NOS. The van der Waals surface area contributed by atoms with E-state index in [0.717, 1.165) is 19.2 Å². The zero-order chi connectivity index (χ0) is 12.9. The lowest BCUT2D eigenvalue weighted by Crippen LogP contribution is -2.15. The van der Waals surface area contributed by atoms with Crippen LogP contribution in [0.2, 0.25) is 0 Å². The Morgan fingerprint density at radius 2 is 2.21 bits per heavy atom. The van der Waals surface area contributed by atoms with E-state index in [4.69, 9.17) is 4.74 Å². The fraction of sp³-hybridized carbons (Fsp3) is 0.625. The topological polar surface area (TPSA) is 21.3 Å². The molecule has 1 saturated heterocycles. The normalized spacial score (nSPS) is 22.8. The molecule has 1 aromatic rings. The predicted octanol–water partition coefficient (Wildman–Crippen LogP) is 3.60. The quantitative estimate of drug-likeness (QED) is 0.769. The van der Waals surface area contributed by atoms with Crippen LogP contribution in [0.25, 0.3) is 0 Å². The highest BCUT2D eigenvalue weighted by Gasteiger charge is 2.19. The van der Waals surface area contributed by atoms with E-state index < -0.39 is 0 Å². The molecule has 1 heterocycles. The summed E-state index contributed by atoms with van der Waals surface area (Å²) in [6.45, 7) is 1.99. The summed E-state index contributed by atoms with van der Waals surface area (Å²) in [5, 5.41) is 3.57. The van der Waals surface area contributed by atoms with Gasteiger partial charge in [-0.05, 0) is 49.8 Å². The van der Waals surface area contributed by atoms with Gasteiger partial charge in [-0.25, -0.2) is 0 Å². The molecule has 3 rings (SSSR count). The lowest BCUT2D eigenvalue weighted by molar-refractivity contribution is 0.109. The van der Waals surface area contributed by atoms with Crippen LogP contribution in [0.1, 0.15) is 37.7 Å².